The lowest BCUT2D eigenvalue weighted by Crippen LogP contribution is -2.40. The Labute approximate surface area is 128 Å². The van der Waals surface area contributed by atoms with Gasteiger partial charge in [0.25, 0.3) is 0 Å². The first-order chi connectivity index (χ1) is 9.95. The maximum atomic E-state index is 11.2. The molecule has 0 bridgehead atoms. The lowest BCUT2D eigenvalue weighted by atomic mass is 9.79. The lowest BCUT2D eigenvalue weighted by molar-refractivity contribution is -0.114. The minimum absolute atomic E-state index is 0.0253. The molecule has 21 heavy (non-hydrogen) atoms. The van der Waals surface area contributed by atoms with E-state index in [4.69, 9.17) is 0 Å². The van der Waals surface area contributed by atoms with E-state index in [0.29, 0.717) is 12.1 Å². The molecular formula is C18H28N2O. The van der Waals surface area contributed by atoms with Gasteiger partial charge in [-0.2, -0.15) is 0 Å². The molecule has 0 aromatic heterocycles. The van der Waals surface area contributed by atoms with Crippen LogP contribution in [0.4, 0.5) is 5.69 Å². The number of amides is 1. The number of rotatable bonds is 4. The second-order valence-electron chi connectivity index (χ2n) is 6.70. The van der Waals surface area contributed by atoms with Gasteiger partial charge in [-0.3, -0.25) is 4.79 Å². The Morgan fingerprint density at radius 3 is 2.71 bits per heavy atom. The molecule has 1 aromatic carbocycles. The summed E-state index contributed by atoms with van der Waals surface area (Å²) in [7, 11) is 0. The molecule has 0 aliphatic heterocycles. The smallest absolute Gasteiger partial charge is 0.221 e. The van der Waals surface area contributed by atoms with Crippen molar-refractivity contribution in [3.8, 4) is 0 Å². The number of nitrogens with one attached hydrogen (secondary N) is 2. The van der Waals surface area contributed by atoms with Crippen molar-refractivity contribution >= 4 is 11.6 Å². The van der Waals surface area contributed by atoms with E-state index in [2.05, 4.69) is 43.5 Å². The molecule has 116 valence electrons. The molecule has 1 aromatic rings. The van der Waals surface area contributed by atoms with Gasteiger partial charge < -0.3 is 10.6 Å². The molecule has 0 saturated heterocycles. The van der Waals surface area contributed by atoms with Gasteiger partial charge in [0, 0.05) is 24.7 Å². The van der Waals surface area contributed by atoms with Crippen LogP contribution >= 0.6 is 0 Å². The van der Waals surface area contributed by atoms with Crippen molar-refractivity contribution in [3.63, 3.8) is 0 Å². The zero-order valence-corrected chi connectivity index (χ0v) is 13.6. The Morgan fingerprint density at radius 2 is 2.05 bits per heavy atom. The molecule has 1 aliphatic rings. The molecule has 3 heteroatoms. The Morgan fingerprint density at radius 1 is 1.29 bits per heavy atom. The first-order valence-corrected chi connectivity index (χ1v) is 8.09. The quantitative estimate of drug-likeness (QED) is 0.875. The minimum Gasteiger partial charge on any atom is -0.326 e. The summed E-state index contributed by atoms with van der Waals surface area (Å²) in [5, 5.41) is 6.62. The summed E-state index contributed by atoms with van der Waals surface area (Å²) in [6, 6.07) is 9.03. The topological polar surface area (TPSA) is 41.1 Å². The van der Waals surface area contributed by atoms with E-state index < -0.39 is 0 Å². The van der Waals surface area contributed by atoms with Crippen LogP contribution in [0, 0.1) is 11.8 Å². The first kappa shape index (κ1) is 16.0. The van der Waals surface area contributed by atoms with Crippen molar-refractivity contribution in [2.24, 2.45) is 11.8 Å². The van der Waals surface area contributed by atoms with Crippen LogP contribution < -0.4 is 10.6 Å². The number of carbonyl (C=O) groups excluding carboxylic acids is 1. The predicted octanol–water partition coefficient (Wildman–Crippen LogP) is 4.12. The minimum atomic E-state index is -0.0253. The van der Waals surface area contributed by atoms with Crippen molar-refractivity contribution in [1.82, 2.24) is 5.32 Å². The number of hydrogen-bond donors (Lipinski definition) is 2. The summed E-state index contributed by atoms with van der Waals surface area (Å²) >= 11 is 0. The highest BCUT2D eigenvalue weighted by molar-refractivity contribution is 5.88. The van der Waals surface area contributed by atoms with Crippen LogP contribution in [-0.4, -0.2) is 11.9 Å². The molecule has 4 atom stereocenters. The van der Waals surface area contributed by atoms with Gasteiger partial charge in [-0.05, 0) is 55.7 Å². The summed E-state index contributed by atoms with van der Waals surface area (Å²) in [5.74, 6) is 1.56. The third-order valence-electron chi connectivity index (χ3n) is 4.60. The van der Waals surface area contributed by atoms with E-state index in [0.717, 1.165) is 17.5 Å². The average molecular weight is 288 g/mol. The number of carbonyl (C=O) groups is 1. The van der Waals surface area contributed by atoms with E-state index in [9.17, 15) is 4.79 Å². The van der Waals surface area contributed by atoms with Crippen LogP contribution in [0.3, 0.4) is 0 Å². The Balaban J connectivity index is 1.99. The van der Waals surface area contributed by atoms with E-state index in [1.807, 2.05) is 12.1 Å². The van der Waals surface area contributed by atoms with E-state index in [-0.39, 0.29) is 5.91 Å². The normalized spacial score (nSPS) is 27.1. The van der Waals surface area contributed by atoms with Gasteiger partial charge in [0.05, 0.1) is 0 Å². The second-order valence-corrected chi connectivity index (χ2v) is 6.70. The molecule has 2 N–H and O–H groups in total. The van der Waals surface area contributed by atoms with E-state index >= 15 is 0 Å². The van der Waals surface area contributed by atoms with Crippen molar-refractivity contribution in [1.29, 1.82) is 0 Å². The SMILES string of the molecule is CC(=O)Nc1cccc(C(C)NC2CCC(C)CC2C)c1. The van der Waals surface area contributed by atoms with Crippen LogP contribution in [0.2, 0.25) is 0 Å². The van der Waals surface area contributed by atoms with Crippen LogP contribution in [0.1, 0.15) is 58.6 Å². The van der Waals surface area contributed by atoms with Gasteiger partial charge in [-0.1, -0.05) is 26.0 Å². The molecule has 1 saturated carbocycles. The van der Waals surface area contributed by atoms with Gasteiger partial charge in [0.15, 0.2) is 0 Å². The molecule has 1 fully saturated rings. The molecule has 0 spiro atoms. The summed E-state index contributed by atoms with van der Waals surface area (Å²) < 4.78 is 0. The second kappa shape index (κ2) is 7.08. The van der Waals surface area contributed by atoms with Crippen LogP contribution in [0.15, 0.2) is 24.3 Å². The van der Waals surface area contributed by atoms with Crippen molar-refractivity contribution < 1.29 is 4.79 Å². The molecule has 0 radical (unpaired) electrons. The fraction of sp³-hybridized carbons (Fsp3) is 0.611. The van der Waals surface area contributed by atoms with Gasteiger partial charge in [-0.25, -0.2) is 0 Å². The summed E-state index contributed by atoms with van der Waals surface area (Å²) in [6.07, 6.45) is 3.90. The third-order valence-corrected chi connectivity index (χ3v) is 4.60. The molecule has 4 unspecified atom stereocenters. The van der Waals surface area contributed by atoms with E-state index in [1.54, 1.807) is 6.92 Å². The number of benzene rings is 1. The molecule has 3 nitrogen and oxygen atoms in total. The summed E-state index contributed by atoms with van der Waals surface area (Å²) in [4.78, 5) is 11.2. The molecule has 1 amide bonds. The molecule has 2 rings (SSSR count). The highest BCUT2D eigenvalue weighted by atomic mass is 16.1. The Kier molecular flexibility index (Phi) is 5.40. The highest BCUT2D eigenvalue weighted by Gasteiger charge is 2.26. The van der Waals surface area contributed by atoms with Gasteiger partial charge >= 0.3 is 0 Å². The Hall–Kier alpha value is -1.35. The van der Waals surface area contributed by atoms with Gasteiger partial charge in [0.2, 0.25) is 5.91 Å². The standard InChI is InChI=1S/C18H28N2O/c1-12-8-9-18(13(2)10-12)19-14(3)16-6-5-7-17(11-16)20-15(4)21/h5-7,11-14,18-19H,8-10H2,1-4H3,(H,20,21). The predicted molar refractivity (Wildman–Crippen MR) is 88.3 cm³/mol. The maximum Gasteiger partial charge on any atom is 0.221 e. The van der Waals surface area contributed by atoms with Crippen LogP contribution in [0.25, 0.3) is 0 Å². The fourth-order valence-corrected chi connectivity index (χ4v) is 3.42. The van der Waals surface area contributed by atoms with Gasteiger partial charge in [0.1, 0.15) is 0 Å². The molecule has 0 heterocycles. The van der Waals surface area contributed by atoms with Crippen molar-refractivity contribution in [2.75, 3.05) is 5.32 Å². The highest BCUT2D eigenvalue weighted by Crippen LogP contribution is 2.30. The monoisotopic (exact) mass is 288 g/mol. The number of hydrogen-bond acceptors (Lipinski definition) is 2. The van der Waals surface area contributed by atoms with E-state index in [1.165, 1.54) is 24.8 Å². The molecule has 1 aliphatic carbocycles. The molecular weight excluding hydrogens is 260 g/mol. The Bertz CT molecular complexity index is 486. The van der Waals surface area contributed by atoms with Crippen molar-refractivity contribution in [2.45, 2.75) is 59.0 Å². The first-order valence-electron chi connectivity index (χ1n) is 8.09. The summed E-state index contributed by atoms with van der Waals surface area (Å²) in [5.41, 5.74) is 2.10. The zero-order valence-electron chi connectivity index (χ0n) is 13.6. The van der Waals surface area contributed by atoms with Gasteiger partial charge in [-0.15, -0.1) is 0 Å². The average Bonchev–Trinajstić information content (AvgIpc) is 2.41. The zero-order chi connectivity index (χ0) is 15.4. The number of anilines is 1. The third kappa shape index (κ3) is 4.57. The fourth-order valence-electron chi connectivity index (χ4n) is 3.42. The lowest BCUT2D eigenvalue weighted by Gasteiger charge is -2.35. The van der Waals surface area contributed by atoms with Crippen molar-refractivity contribution in [3.05, 3.63) is 29.8 Å². The van der Waals surface area contributed by atoms with Crippen LogP contribution in [0.5, 0.6) is 0 Å². The summed E-state index contributed by atoms with van der Waals surface area (Å²) in [6.45, 7) is 8.46. The maximum absolute atomic E-state index is 11.2. The van der Waals surface area contributed by atoms with Crippen LogP contribution in [-0.2, 0) is 4.79 Å². The largest absolute Gasteiger partial charge is 0.326 e.